The smallest absolute Gasteiger partial charge is 0.262 e. The Labute approximate surface area is 116 Å². The second-order valence-electron chi connectivity index (χ2n) is 4.08. The zero-order valence-electron chi connectivity index (χ0n) is 10.1. The average molecular weight is 298 g/mol. The van der Waals surface area contributed by atoms with E-state index >= 15 is 0 Å². The molecule has 2 aromatic rings. The second kappa shape index (κ2) is 5.11. The van der Waals surface area contributed by atoms with Crippen molar-refractivity contribution in [3.8, 4) is 5.75 Å². The molecule has 2 rings (SSSR count). The zero-order chi connectivity index (χ0) is 14.0. The summed E-state index contributed by atoms with van der Waals surface area (Å²) in [6.07, 6.45) is 0. The van der Waals surface area contributed by atoms with Crippen molar-refractivity contribution in [1.82, 2.24) is 0 Å². The molecule has 100 valence electrons. The van der Waals surface area contributed by atoms with Crippen LogP contribution in [-0.2, 0) is 10.0 Å². The fourth-order valence-electron chi connectivity index (χ4n) is 1.51. The van der Waals surface area contributed by atoms with E-state index in [0.29, 0.717) is 5.02 Å². The Hall–Kier alpha value is -1.72. The highest BCUT2D eigenvalue weighted by Gasteiger charge is 2.15. The molecular formula is C13H12ClNO3S. The molecule has 0 bridgehead atoms. The van der Waals surface area contributed by atoms with Crippen molar-refractivity contribution in [3.63, 3.8) is 0 Å². The van der Waals surface area contributed by atoms with E-state index in [4.69, 9.17) is 11.6 Å². The van der Waals surface area contributed by atoms with E-state index in [9.17, 15) is 13.5 Å². The number of halogens is 1. The molecule has 0 atom stereocenters. The predicted molar refractivity (Wildman–Crippen MR) is 75.1 cm³/mol. The van der Waals surface area contributed by atoms with E-state index in [1.54, 1.807) is 12.1 Å². The standard InChI is InChI=1S/C13H12ClNO3S/c1-9-2-5-11(6-3-9)19(17,18)15-12-8-10(14)4-7-13(12)16/h2-8,15-16H,1H3. The van der Waals surface area contributed by atoms with Crippen LogP contribution in [0.4, 0.5) is 5.69 Å². The molecule has 0 saturated heterocycles. The lowest BCUT2D eigenvalue weighted by Gasteiger charge is -2.10. The van der Waals surface area contributed by atoms with Crippen LogP contribution in [-0.4, -0.2) is 13.5 Å². The Bertz CT molecular complexity index is 696. The lowest BCUT2D eigenvalue weighted by atomic mass is 10.2. The highest BCUT2D eigenvalue weighted by Crippen LogP contribution is 2.28. The Morgan fingerprint density at radius 3 is 2.37 bits per heavy atom. The van der Waals surface area contributed by atoms with E-state index in [-0.39, 0.29) is 16.3 Å². The second-order valence-corrected chi connectivity index (χ2v) is 6.20. The fraction of sp³-hybridized carbons (Fsp3) is 0.0769. The molecule has 0 radical (unpaired) electrons. The molecule has 2 N–H and O–H groups in total. The van der Waals surface area contributed by atoms with Gasteiger partial charge >= 0.3 is 0 Å². The number of anilines is 1. The number of sulfonamides is 1. The monoisotopic (exact) mass is 297 g/mol. The average Bonchev–Trinajstić information content (AvgIpc) is 2.34. The third-order valence-corrected chi connectivity index (χ3v) is 4.15. The van der Waals surface area contributed by atoms with Gasteiger partial charge in [0.05, 0.1) is 10.6 Å². The summed E-state index contributed by atoms with van der Waals surface area (Å²) in [6.45, 7) is 1.87. The molecule has 0 fully saturated rings. The summed E-state index contributed by atoms with van der Waals surface area (Å²) in [4.78, 5) is 0.123. The van der Waals surface area contributed by atoms with Gasteiger partial charge in [-0.25, -0.2) is 8.42 Å². The highest BCUT2D eigenvalue weighted by atomic mass is 35.5. The van der Waals surface area contributed by atoms with Crippen LogP contribution in [0.3, 0.4) is 0 Å². The van der Waals surface area contributed by atoms with E-state index in [1.165, 1.54) is 30.3 Å². The first-order chi connectivity index (χ1) is 8.88. The van der Waals surface area contributed by atoms with E-state index in [1.807, 2.05) is 6.92 Å². The summed E-state index contributed by atoms with van der Waals surface area (Å²) >= 11 is 5.77. The molecule has 4 nitrogen and oxygen atoms in total. The molecule has 0 aliphatic carbocycles. The van der Waals surface area contributed by atoms with E-state index in [0.717, 1.165) is 5.56 Å². The van der Waals surface area contributed by atoms with Crippen molar-refractivity contribution >= 4 is 27.3 Å². The third-order valence-electron chi connectivity index (χ3n) is 2.53. The minimum absolute atomic E-state index is 0.0491. The van der Waals surface area contributed by atoms with Crippen molar-refractivity contribution in [1.29, 1.82) is 0 Å². The number of rotatable bonds is 3. The summed E-state index contributed by atoms with van der Waals surface area (Å²) in [5.41, 5.74) is 1.01. The van der Waals surface area contributed by atoms with E-state index in [2.05, 4.69) is 4.72 Å². The summed E-state index contributed by atoms with van der Waals surface area (Å²) in [5.74, 6) is -0.180. The first-order valence-corrected chi connectivity index (χ1v) is 7.32. The molecule has 2 aromatic carbocycles. The minimum atomic E-state index is -3.74. The zero-order valence-corrected chi connectivity index (χ0v) is 11.7. The van der Waals surface area contributed by atoms with Crippen LogP contribution >= 0.6 is 11.6 Å². The normalized spacial score (nSPS) is 11.3. The molecule has 6 heteroatoms. The summed E-state index contributed by atoms with van der Waals surface area (Å²) < 4.78 is 26.5. The number of hydrogen-bond acceptors (Lipinski definition) is 3. The fourth-order valence-corrected chi connectivity index (χ4v) is 2.75. The Kier molecular flexibility index (Phi) is 3.68. The molecule has 0 saturated carbocycles. The maximum atomic E-state index is 12.1. The van der Waals surface area contributed by atoms with Gasteiger partial charge in [0, 0.05) is 5.02 Å². The van der Waals surface area contributed by atoms with Gasteiger partial charge in [-0.2, -0.15) is 0 Å². The maximum absolute atomic E-state index is 12.1. The summed E-state index contributed by atoms with van der Waals surface area (Å²) in [5, 5.41) is 9.94. The van der Waals surface area contributed by atoms with Crippen molar-refractivity contribution in [2.45, 2.75) is 11.8 Å². The van der Waals surface area contributed by atoms with Crippen molar-refractivity contribution < 1.29 is 13.5 Å². The number of aromatic hydroxyl groups is 1. The van der Waals surface area contributed by atoms with Gasteiger partial charge in [-0.1, -0.05) is 29.3 Å². The van der Waals surface area contributed by atoms with Gasteiger partial charge in [0.15, 0.2) is 0 Å². The van der Waals surface area contributed by atoms with Crippen LogP contribution in [0, 0.1) is 6.92 Å². The van der Waals surface area contributed by atoms with Gasteiger partial charge in [0.2, 0.25) is 0 Å². The molecule has 0 heterocycles. The van der Waals surface area contributed by atoms with Crippen LogP contribution in [0.15, 0.2) is 47.4 Å². The van der Waals surface area contributed by atoms with Crippen molar-refractivity contribution in [2.24, 2.45) is 0 Å². The van der Waals surface area contributed by atoms with Crippen LogP contribution < -0.4 is 4.72 Å². The van der Waals surface area contributed by atoms with Crippen molar-refractivity contribution in [2.75, 3.05) is 4.72 Å². The quantitative estimate of drug-likeness (QED) is 0.855. The predicted octanol–water partition coefficient (Wildman–Crippen LogP) is 3.15. The van der Waals surface area contributed by atoms with Gasteiger partial charge in [0.1, 0.15) is 5.75 Å². The maximum Gasteiger partial charge on any atom is 0.262 e. The number of phenols is 1. The number of hydrogen-bond donors (Lipinski definition) is 2. The molecule has 19 heavy (non-hydrogen) atoms. The topological polar surface area (TPSA) is 66.4 Å². The highest BCUT2D eigenvalue weighted by molar-refractivity contribution is 7.92. The molecule has 0 aromatic heterocycles. The molecule has 0 aliphatic rings. The first kappa shape index (κ1) is 13.7. The molecular weight excluding hydrogens is 286 g/mol. The third kappa shape index (κ3) is 3.19. The molecule has 0 unspecified atom stereocenters. The SMILES string of the molecule is Cc1ccc(S(=O)(=O)Nc2cc(Cl)ccc2O)cc1. The van der Waals surface area contributed by atoms with Gasteiger partial charge in [-0.05, 0) is 37.3 Å². The number of aryl methyl sites for hydroxylation is 1. The minimum Gasteiger partial charge on any atom is -0.506 e. The lowest BCUT2D eigenvalue weighted by molar-refractivity contribution is 0.477. The van der Waals surface area contributed by atoms with Gasteiger partial charge < -0.3 is 5.11 Å². The van der Waals surface area contributed by atoms with Crippen LogP contribution in [0.5, 0.6) is 5.75 Å². The van der Waals surface area contributed by atoms with Gasteiger partial charge in [-0.3, -0.25) is 4.72 Å². The summed E-state index contributed by atoms with van der Waals surface area (Å²) in [6, 6.07) is 10.6. The van der Waals surface area contributed by atoms with Crippen LogP contribution in [0.25, 0.3) is 0 Å². The Morgan fingerprint density at radius 1 is 1.11 bits per heavy atom. The van der Waals surface area contributed by atoms with Crippen LogP contribution in [0.2, 0.25) is 5.02 Å². The first-order valence-electron chi connectivity index (χ1n) is 5.46. The Morgan fingerprint density at radius 2 is 1.74 bits per heavy atom. The van der Waals surface area contributed by atoms with Crippen LogP contribution in [0.1, 0.15) is 5.56 Å². The summed E-state index contributed by atoms with van der Waals surface area (Å²) in [7, 11) is -3.74. The number of benzene rings is 2. The Balaban J connectivity index is 2.36. The van der Waals surface area contributed by atoms with Gasteiger partial charge in [-0.15, -0.1) is 0 Å². The van der Waals surface area contributed by atoms with Gasteiger partial charge in [0.25, 0.3) is 10.0 Å². The van der Waals surface area contributed by atoms with Crippen molar-refractivity contribution in [3.05, 3.63) is 53.1 Å². The molecule has 0 spiro atoms. The van der Waals surface area contributed by atoms with E-state index < -0.39 is 10.0 Å². The lowest BCUT2D eigenvalue weighted by Crippen LogP contribution is -2.13. The molecule has 0 amide bonds. The number of nitrogens with one attached hydrogen (secondary N) is 1. The number of phenolic OH excluding ortho intramolecular Hbond substituents is 1. The molecule has 0 aliphatic heterocycles. The largest absolute Gasteiger partial charge is 0.506 e.